The number of carbonyl (C=O) groups excluding carboxylic acids is 1. The molecule has 5 atom stereocenters. The van der Waals surface area contributed by atoms with Crippen molar-refractivity contribution in [3.8, 4) is 17.5 Å². The second kappa shape index (κ2) is 18.7. The van der Waals surface area contributed by atoms with E-state index in [0.29, 0.717) is 80.8 Å². The number of aromatic nitrogens is 3. The summed E-state index contributed by atoms with van der Waals surface area (Å²) in [5.74, 6) is 1.47. The molecule has 2 aromatic carbocycles. The average molecular weight is 918 g/mol. The first-order chi connectivity index (χ1) is 31.3. The van der Waals surface area contributed by atoms with Gasteiger partial charge in [0.15, 0.2) is 0 Å². The molecule has 5 heterocycles. The van der Waals surface area contributed by atoms with Crippen LogP contribution in [0.15, 0.2) is 54.6 Å². The first-order valence-electron chi connectivity index (χ1n) is 23.0. The molecule has 356 valence electrons. The van der Waals surface area contributed by atoms with Crippen LogP contribution in [0.5, 0.6) is 17.5 Å². The summed E-state index contributed by atoms with van der Waals surface area (Å²) in [5.41, 5.74) is 1.50. The summed E-state index contributed by atoms with van der Waals surface area (Å²) in [6, 6.07) is 16.8. The van der Waals surface area contributed by atoms with Crippen LogP contribution in [0.4, 0.5) is 34.0 Å². The van der Waals surface area contributed by atoms with Gasteiger partial charge in [0.2, 0.25) is 0 Å². The fraction of sp³-hybridized carbons (Fsp3) is 0.560. The predicted octanol–water partition coefficient (Wildman–Crippen LogP) is 9.34. The van der Waals surface area contributed by atoms with Crippen LogP contribution in [0.2, 0.25) is 0 Å². The van der Waals surface area contributed by atoms with E-state index in [0.717, 1.165) is 36.1 Å². The van der Waals surface area contributed by atoms with Gasteiger partial charge in [0.25, 0.3) is 0 Å². The SMILES string of the molecule is COc1ccc(CN(Cc2ccc(OC)cc2)c2cc(C)c(C(F)(F)F)c([C@@H]3Cc4nc(OC[C@@]56CCCN5C[C@H](F)C6)nc(N(C)[C@@H]5CCN(C(=O)OC(C)(C)C)C5)c4C[C@H]3C)n2)cc1. The number of nitrogens with zero attached hydrogens (tertiary/aromatic N) is 7. The number of hydrogen-bond acceptors (Lipinski definition) is 11. The minimum absolute atomic E-state index is 0.0228. The number of likely N-dealkylation sites (tertiary alicyclic amines) is 1. The van der Waals surface area contributed by atoms with Crippen molar-refractivity contribution in [2.75, 3.05) is 63.9 Å². The summed E-state index contributed by atoms with van der Waals surface area (Å²) in [5, 5.41) is 0. The van der Waals surface area contributed by atoms with Crippen LogP contribution in [0.25, 0.3) is 0 Å². The number of ether oxygens (including phenoxy) is 4. The van der Waals surface area contributed by atoms with Crippen LogP contribution in [0.1, 0.15) is 98.5 Å². The number of amides is 1. The van der Waals surface area contributed by atoms with Gasteiger partial charge in [-0.1, -0.05) is 31.2 Å². The summed E-state index contributed by atoms with van der Waals surface area (Å²) >= 11 is 0. The van der Waals surface area contributed by atoms with Gasteiger partial charge in [-0.3, -0.25) is 4.90 Å². The van der Waals surface area contributed by atoms with Crippen LogP contribution < -0.4 is 24.0 Å². The monoisotopic (exact) mass is 917 g/mol. The molecule has 4 aromatic rings. The number of benzene rings is 2. The summed E-state index contributed by atoms with van der Waals surface area (Å²) < 4.78 is 84.1. The first kappa shape index (κ1) is 47.1. The van der Waals surface area contributed by atoms with Gasteiger partial charge in [-0.2, -0.15) is 23.1 Å². The Kier molecular flexibility index (Phi) is 13.4. The Bertz CT molecular complexity index is 2310. The molecule has 0 spiro atoms. The lowest BCUT2D eigenvalue weighted by molar-refractivity contribution is -0.139. The summed E-state index contributed by atoms with van der Waals surface area (Å²) in [4.78, 5) is 36.1. The summed E-state index contributed by atoms with van der Waals surface area (Å²) in [6.45, 7) is 12.0. The number of rotatable bonds is 13. The van der Waals surface area contributed by atoms with Crippen LogP contribution in [-0.4, -0.2) is 108 Å². The van der Waals surface area contributed by atoms with E-state index in [4.69, 9.17) is 33.9 Å². The van der Waals surface area contributed by atoms with Gasteiger partial charge in [0.05, 0.1) is 36.7 Å². The van der Waals surface area contributed by atoms with Gasteiger partial charge in [-0.15, -0.1) is 0 Å². The van der Waals surface area contributed by atoms with E-state index in [2.05, 4.69) is 9.80 Å². The van der Waals surface area contributed by atoms with E-state index in [-0.39, 0.29) is 48.3 Å². The van der Waals surface area contributed by atoms with Gasteiger partial charge in [0, 0.05) is 63.7 Å². The standard InChI is InChI=1S/C50H63F4N7O5/c1-31-22-40-41(55-46(65-30-49-19-9-20-61(49)28-35(51)25-49)57-45(40)58(6)36-18-21-59(29-36)47(62)66-48(3,4)5)24-39(31)44-43(50(52,53)54)32(2)23-42(56-44)60(26-33-10-14-37(63-7)15-11-33)27-34-12-16-38(64-8)17-13-34/h10-17,23,31,35-36,39H,9,18-22,24-30H2,1-8H3/t31-,35-,36-,39-,49+/m1/s1. The van der Waals surface area contributed by atoms with Crippen LogP contribution in [0.3, 0.4) is 0 Å². The number of pyridine rings is 1. The minimum atomic E-state index is -4.68. The Balaban J connectivity index is 1.17. The van der Waals surface area contributed by atoms with Crippen molar-refractivity contribution in [1.82, 2.24) is 24.8 Å². The van der Waals surface area contributed by atoms with Crippen LogP contribution in [0, 0.1) is 12.8 Å². The van der Waals surface area contributed by atoms with E-state index >= 15 is 13.2 Å². The third-order valence-corrected chi connectivity index (χ3v) is 13.9. The average Bonchev–Trinajstić information content (AvgIpc) is 3.99. The molecule has 8 rings (SSSR count). The van der Waals surface area contributed by atoms with Gasteiger partial charge >= 0.3 is 18.3 Å². The fourth-order valence-corrected chi connectivity index (χ4v) is 10.4. The van der Waals surface area contributed by atoms with E-state index in [1.165, 1.54) is 6.92 Å². The highest BCUT2D eigenvalue weighted by atomic mass is 19.4. The van der Waals surface area contributed by atoms with Gasteiger partial charge in [-0.25, -0.2) is 14.2 Å². The van der Waals surface area contributed by atoms with Crippen molar-refractivity contribution >= 4 is 17.7 Å². The Morgan fingerprint density at radius 3 is 2.17 bits per heavy atom. The molecule has 3 fully saturated rings. The molecule has 3 saturated heterocycles. The van der Waals surface area contributed by atoms with E-state index in [1.54, 1.807) is 25.2 Å². The van der Waals surface area contributed by atoms with Crippen molar-refractivity contribution in [2.24, 2.45) is 5.92 Å². The second-order valence-corrected chi connectivity index (χ2v) is 19.7. The Morgan fingerprint density at radius 1 is 0.909 bits per heavy atom. The number of carbonyl (C=O) groups is 1. The molecule has 3 aliphatic heterocycles. The molecule has 2 aromatic heterocycles. The Hall–Kier alpha value is -5.38. The third-order valence-electron chi connectivity index (χ3n) is 13.9. The number of aryl methyl sites for hydroxylation is 1. The summed E-state index contributed by atoms with van der Waals surface area (Å²) in [6.07, 6.45) is -2.72. The molecular formula is C50H63F4N7O5. The quantitative estimate of drug-likeness (QED) is 0.120. The maximum absolute atomic E-state index is 15.4. The molecule has 4 aliphatic rings. The number of likely N-dealkylation sites (N-methyl/N-ethyl adjacent to an activating group) is 1. The highest BCUT2D eigenvalue weighted by Gasteiger charge is 2.50. The summed E-state index contributed by atoms with van der Waals surface area (Å²) in [7, 11) is 5.14. The smallest absolute Gasteiger partial charge is 0.418 e. The van der Waals surface area contributed by atoms with Crippen LogP contribution >= 0.6 is 0 Å². The number of alkyl halides is 4. The van der Waals surface area contributed by atoms with Crippen molar-refractivity contribution in [3.63, 3.8) is 0 Å². The topological polar surface area (TPSA) is 106 Å². The van der Waals surface area contributed by atoms with Gasteiger partial charge in [0.1, 0.15) is 41.5 Å². The molecular weight excluding hydrogens is 855 g/mol. The molecule has 0 radical (unpaired) electrons. The van der Waals surface area contributed by atoms with Gasteiger partial charge in [-0.05, 0) is 119 Å². The van der Waals surface area contributed by atoms with Gasteiger partial charge < -0.3 is 33.6 Å². The third kappa shape index (κ3) is 10.1. The lowest BCUT2D eigenvalue weighted by atomic mass is 9.75. The zero-order valence-electron chi connectivity index (χ0n) is 39.4. The zero-order chi connectivity index (χ0) is 47.1. The fourth-order valence-electron chi connectivity index (χ4n) is 10.4. The lowest BCUT2D eigenvalue weighted by Gasteiger charge is -2.36. The number of halogens is 4. The molecule has 12 nitrogen and oxygen atoms in total. The zero-order valence-corrected chi connectivity index (χ0v) is 39.4. The molecule has 1 aliphatic carbocycles. The van der Waals surface area contributed by atoms with E-state index < -0.39 is 35.0 Å². The van der Waals surface area contributed by atoms with Crippen molar-refractivity contribution in [3.05, 3.63) is 93.8 Å². The Morgan fingerprint density at radius 2 is 1.56 bits per heavy atom. The molecule has 16 heteroatoms. The highest BCUT2D eigenvalue weighted by molar-refractivity contribution is 5.69. The molecule has 0 unspecified atom stereocenters. The van der Waals surface area contributed by atoms with E-state index in [9.17, 15) is 9.18 Å². The van der Waals surface area contributed by atoms with Crippen molar-refractivity contribution < 1.29 is 41.3 Å². The lowest BCUT2D eigenvalue weighted by Crippen LogP contribution is -2.43. The van der Waals surface area contributed by atoms with Crippen LogP contribution in [-0.2, 0) is 36.8 Å². The minimum Gasteiger partial charge on any atom is -0.497 e. The molecule has 0 bridgehead atoms. The number of methoxy groups -OCH3 is 2. The second-order valence-electron chi connectivity index (χ2n) is 19.7. The predicted molar refractivity (Wildman–Crippen MR) is 244 cm³/mol. The van der Waals surface area contributed by atoms with E-state index in [1.807, 2.05) is 88.2 Å². The maximum atomic E-state index is 15.4. The normalized spacial score (nSPS) is 23.1. The Labute approximate surface area is 385 Å². The number of hydrogen-bond donors (Lipinski definition) is 0. The molecule has 0 saturated carbocycles. The first-order valence-corrected chi connectivity index (χ1v) is 23.0. The number of anilines is 2. The maximum Gasteiger partial charge on any atom is 0.418 e. The van der Waals surface area contributed by atoms with Crippen molar-refractivity contribution in [2.45, 2.75) is 122 Å². The van der Waals surface area contributed by atoms with Crippen molar-refractivity contribution in [1.29, 1.82) is 0 Å². The molecule has 66 heavy (non-hydrogen) atoms. The molecule has 1 amide bonds. The largest absolute Gasteiger partial charge is 0.497 e. The molecule has 0 N–H and O–H groups in total. The highest BCUT2D eigenvalue weighted by Crippen LogP contribution is 2.46. The number of fused-ring (bicyclic) bond motifs is 2.